The highest BCUT2D eigenvalue weighted by Gasteiger charge is 2.74. The molecule has 260 valence electrons. The number of piperidine rings is 1. The Morgan fingerprint density at radius 2 is 1.56 bits per heavy atom. The molecule has 2 bridgehead atoms. The second kappa shape index (κ2) is 12.7. The van der Waals surface area contributed by atoms with Crippen LogP contribution >= 0.6 is 0 Å². The molecule has 1 spiro atoms. The quantitative estimate of drug-likeness (QED) is 0.124. The Bertz CT molecular complexity index is 1590. The number of carbonyl (C=O) groups excluding carboxylic acids is 4. The number of nitrogens with one attached hydrogen (secondary N) is 2. The molecule has 17 nitrogen and oxygen atoms in total. The highest BCUT2D eigenvalue weighted by atomic mass is 16.6. The standard InChI is InChI=1S/C31H37N3O14/c1-13(35)26(40)32-16(28(42)43)11-21(38)46-19-6-7-31(48-22(39)12-17(29(44)45)33-27(41)14(2)36)20-10-15-4-5-18(37)24-23(15)30(31,25(19)47-24)8-9-34(20)3/h4-6,13-14,16-17,20,25,35-37H,7-12H2,1-3H3,(H,32,40)(H,33,41)(H,42,43)(H,44,45)/t13-,14-,16-,17-,20+,25?,30?,31+/m0/s1. The SMILES string of the molecule is C[C@H](O)C(=O)N[C@@H](CC(=O)OC1=CC[C@@]2(OC(=O)C[C@H](NC(=O)[C@H](C)O)C(=O)O)[C@H]3Cc4ccc(O)c5c4C2(CCN3C)C1O5)C(=O)O. The van der Waals surface area contributed by atoms with Gasteiger partial charge in [0.15, 0.2) is 17.6 Å². The number of esters is 2. The van der Waals surface area contributed by atoms with E-state index >= 15 is 0 Å². The molecular formula is C31H37N3O14. The number of hydrogen-bond acceptors (Lipinski definition) is 13. The third kappa shape index (κ3) is 5.71. The molecule has 0 aromatic heterocycles. The number of benzene rings is 1. The van der Waals surface area contributed by atoms with Crippen LogP contribution in [0.5, 0.6) is 11.5 Å². The van der Waals surface area contributed by atoms with E-state index in [0.717, 1.165) is 19.4 Å². The predicted octanol–water partition coefficient (Wildman–Crippen LogP) is -1.56. The van der Waals surface area contributed by atoms with Crippen molar-refractivity contribution < 1.29 is 68.5 Å². The van der Waals surface area contributed by atoms with Crippen molar-refractivity contribution in [3.8, 4) is 11.5 Å². The van der Waals surface area contributed by atoms with Gasteiger partial charge in [-0.25, -0.2) is 9.59 Å². The van der Waals surface area contributed by atoms with Gasteiger partial charge < -0.3 is 50.4 Å². The number of likely N-dealkylation sites (N-methyl/N-ethyl adjacent to an activating group) is 1. The summed E-state index contributed by atoms with van der Waals surface area (Å²) < 4.78 is 18.3. The maximum absolute atomic E-state index is 13.6. The van der Waals surface area contributed by atoms with E-state index in [-0.39, 0.29) is 30.1 Å². The van der Waals surface area contributed by atoms with Crippen LogP contribution in [0.2, 0.25) is 0 Å². The van der Waals surface area contributed by atoms with Crippen LogP contribution in [0.15, 0.2) is 24.0 Å². The van der Waals surface area contributed by atoms with Crippen molar-refractivity contribution >= 4 is 35.7 Å². The Hall–Kier alpha value is -4.74. The molecule has 1 aromatic rings. The molecule has 0 radical (unpaired) electrons. The van der Waals surface area contributed by atoms with Gasteiger partial charge in [-0.2, -0.15) is 0 Å². The molecule has 1 fully saturated rings. The van der Waals surface area contributed by atoms with Crippen LogP contribution in [0.25, 0.3) is 0 Å². The number of aliphatic carboxylic acids is 2. The molecule has 1 aromatic carbocycles. The first kappa shape index (κ1) is 34.6. The van der Waals surface area contributed by atoms with Gasteiger partial charge in [0.25, 0.3) is 0 Å². The number of phenols is 1. The minimum Gasteiger partial charge on any atom is -0.504 e. The predicted molar refractivity (Wildman–Crippen MR) is 158 cm³/mol. The minimum absolute atomic E-state index is 0.0444. The van der Waals surface area contributed by atoms with Crippen LogP contribution in [0.3, 0.4) is 0 Å². The van der Waals surface area contributed by atoms with E-state index in [4.69, 9.17) is 14.2 Å². The van der Waals surface area contributed by atoms with Gasteiger partial charge in [0, 0.05) is 12.0 Å². The molecule has 8 atom stereocenters. The number of aliphatic hydroxyl groups excluding tert-OH is 2. The van der Waals surface area contributed by atoms with Crippen molar-refractivity contribution in [2.45, 2.75) is 93.4 Å². The van der Waals surface area contributed by atoms with Gasteiger partial charge in [0.2, 0.25) is 11.8 Å². The summed E-state index contributed by atoms with van der Waals surface area (Å²) >= 11 is 0. The van der Waals surface area contributed by atoms with Crippen molar-refractivity contribution in [2.75, 3.05) is 13.6 Å². The Balaban J connectivity index is 1.51. The summed E-state index contributed by atoms with van der Waals surface area (Å²) in [5.41, 5.74) is -1.40. The minimum atomic E-state index is -1.72. The third-order valence-corrected chi connectivity index (χ3v) is 9.57. The highest BCUT2D eigenvalue weighted by Crippen LogP contribution is 2.66. The van der Waals surface area contributed by atoms with E-state index in [1.165, 1.54) is 12.1 Å². The number of carbonyl (C=O) groups is 6. The number of aliphatic hydroxyl groups is 2. The van der Waals surface area contributed by atoms with Gasteiger partial charge in [-0.15, -0.1) is 0 Å². The summed E-state index contributed by atoms with van der Waals surface area (Å²) in [5.74, 6) is -7.29. The maximum atomic E-state index is 13.6. The molecule has 2 aliphatic carbocycles. The maximum Gasteiger partial charge on any atom is 0.326 e. The Morgan fingerprint density at radius 3 is 2.12 bits per heavy atom. The molecule has 2 amide bonds. The number of likely N-dealkylation sites (tertiary alicyclic amines) is 1. The van der Waals surface area contributed by atoms with Crippen LogP contribution in [0.4, 0.5) is 0 Å². The summed E-state index contributed by atoms with van der Waals surface area (Å²) in [6.45, 7) is 2.72. The molecule has 48 heavy (non-hydrogen) atoms. The number of aromatic hydroxyl groups is 1. The Labute approximate surface area is 273 Å². The Morgan fingerprint density at radius 1 is 0.979 bits per heavy atom. The largest absolute Gasteiger partial charge is 0.504 e. The second-order valence-corrected chi connectivity index (χ2v) is 12.6. The summed E-state index contributed by atoms with van der Waals surface area (Å²) in [4.78, 5) is 76.4. The summed E-state index contributed by atoms with van der Waals surface area (Å²) in [6.07, 6.45) is -3.82. The number of nitrogens with zero attached hydrogens (tertiary/aromatic N) is 1. The van der Waals surface area contributed by atoms with E-state index in [9.17, 15) is 54.3 Å². The van der Waals surface area contributed by atoms with Crippen molar-refractivity contribution in [2.24, 2.45) is 0 Å². The fourth-order valence-corrected chi connectivity index (χ4v) is 7.34. The molecule has 2 unspecified atom stereocenters. The zero-order chi connectivity index (χ0) is 35.3. The molecule has 1 saturated heterocycles. The van der Waals surface area contributed by atoms with Gasteiger partial charge in [0.1, 0.15) is 35.7 Å². The topological polar surface area (TPSA) is 259 Å². The highest BCUT2D eigenvalue weighted by molar-refractivity contribution is 5.90. The van der Waals surface area contributed by atoms with E-state index in [2.05, 4.69) is 10.6 Å². The zero-order valence-electron chi connectivity index (χ0n) is 26.3. The van der Waals surface area contributed by atoms with Crippen molar-refractivity contribution in [1.29, 1.82) is 0 Å². The lowest BCUT2D eigenvalue weighted by atomic mass is 9.50. The van der Waals surface area contributed by atoms with E-state index in [1.54, 1.807) is 6.07 Å². The lowest BCUT2D eigenvalue weighted by Crippen LogP contribution is -2.75. The van der Waals surface area contributed by atoms with Gasteiger partial charge in [-0.05, 0) is 58.0 Å². The monoisotopic (exact) mass is 675 g/mol. The van der Waals surface area contributed by atoms with E-state index in [0.29, 0.717) is 18.5 Å². The number of rotatable bonds is 12. The lowest BCUT2D eigenvalue weighted by Gasteiger charge is -2.62. The summed E-state index contributed by atoms with van der Waals surface area (Å²) in [6, 6.07) is -0.767. The van der Waals surface area contributed by atoms with E-state index < -0.39 is 96.0 Å². The number of carboxylic acid groups (broad SMARTS) is 2. The van der Waals surface area contributed by atoms with Gasteiger partial charge >= 0.3 is 23.9 Å². The van der Waals surface area contributed by atoms with Crippen LogP contribution in [0.1, 0.15) is 50.7 Å². The van der Waals surface area contributed by atoms with Gasteiger partial charge in [0.05, 0.1) is 24.3 Å². The fraction of sp³-hybridized carbons (Fsp3) is 0.548. The van der Waals surface area contributed by atoms with Crippen LogP contribution in [-0.4, -0.2) is 122 Å². The summed E-state index contributed by atoms with van der Waals surface area (Å²) in [7, 11) is 1.83. The smallest absolute Gasteiger partial charge is 0.326 e. The van der Waals surface area contributed by atoms with Crippen molar-refractivity contribution in [3.63, 3.8) is 0 Å². The number of amides is 2. The zero-order valence-corrected chi connectivity index (χ0v) is 26.3. The molecule has 2 heterocycles. The number of ether oxygens (including phenoxy) is 3. The van der Waals surface area contributed by atoms with Gasteiger partial charge in [-0.3, -0.25) is 24.1 Å². The molecule has 17 heteroatoms. The third-order valence-electron chi connectivity index (χ3n) is 9.57. The van der Waals surface area contributed by atoms with Crippen molar-refractivity contribution in [1.82, 2.24) is 15.5 Å². The van der Waals surface area contributed by atoms with Crippen molar-refractivity contribution in [3.05, 3.63) is 35.1 Å². The first-order chi connectivity index (χ1) is 22.5. The summed E-state index contributed by atoms with van der Waals surface area (Å²) in [5, 5.41) is 53.4. The fourth-order valence-electron chi connectivity index (χ4n) is 7.34. The van der Waals surface area contributed by atoms with Crippen LogP contribution < -0.4 is 15.4 Å². The number of carboxylic acids is 2. The molecule has 0 saturated carbocycles. The molecule has 2 aliphatic heterocycles. The molecule has 4 aliphatic rings. The average molecular weight is 676 g/mol. The normalized spacial score (nSPS) is 27.5. The molecule has 5 rings (SSSR count). The number of hydrogen-bond donors (Lipinski definition) is 7. The lowest BCUT2D eigenvalue weighted by molar-refractivity contribution is -0.207. The first-order valence-corrected chi connectivity index (χ1v) is 15.3. The number of phenolic OH excluding ortho intramolecular Hbond substituents is 1. The van der Waals surface area contributed by atoms with Crippen LogP contribution in [0, 0.1) is 0 Å². The Kier molecular flexibility index (Phi) is 9.15. The van der Waals surface area contributed by atoms with Crippen LogP contribution in [-0.2, 0) is 50.1 Å². The van der Waals surface area contributed by atoms with E-state index in [1.807, 2.05) is 11.9 Å². The first-order valence-electron chi connectivity index (χ1n) is 15.3. The molecule has 7 N–H and O–H groups in total. The second-order valence-electron chi connectivity index (χ2n) is 12.6. The molecular weight excluding hydrogens is 638 g/mol. The average Bonchev–Trinajstić information content (AvgIpc) is 3.36. The van der Waals surface area contributed by atoms with Gasteiger partial charge in [-0.1, -0.05) is 6.07 Å².